The molecule has 7 nitrogen and oxygen atoms in total. The van der Waals surface area contributed by atoms with E-state index in [0.29, 0.717) is 11.1 Å². The van der Waals surface area contributed by atoms with Crippen LogP contribution in [0.2, 0.25) is 5.02 Å². The van der Waals surface area contributed by atoms with E-state index < -0.39 is 21.7 Å². The van der Waals surface area contributed by atoms with Gasteiger partial charge in [0, 0.05) is 25.6 Å². The normalized spacial score (nSPS) is 11.4. The van der Waals surface area contributed by atoms with Gasteiger partial charge in [0.2, 0.25) is 15.9 Å². The molecule has 0 saturated heterocycles. The molecule has 2 aromatic rings. The van der Waals surface area contributed by atoms with Crippen molar-refractivity contribution in [3.8, 4) is 0 Å². The molecular formula is C21H25ClFN3O4S. The van der Waals surface area contributed by atoms with Crippen LogP contribution < -0.4 is 15.4 Å². The van der Waals surface area contributed by atoms with E-state index in [1.807, 2.05) is 0 Å². The van der Waals surface area contributed by atoms with Gasteiger partial charge < -0.3 is 10.6 Å². The summed E-state index contributed by atoms with van der Waals surface area (Å²) in [5.74, 6) is -1.56. The van der Waals surface area contributed by atoms with Crippen molar-refractivity contribution in [2.45, 2.75) is 38.6 Å². The average Bonchev–Trinajstić information content (AvgIpc) is 2.65. The quantitative estimate of drug-likeness (QED) is 0.497. The van der Waals surface area contributed by atoms with Gasteiger partial charge in [0.15, 0.2) is 0 Å². The number of hydrogen-bond donors (Lipinski definition) is 3. The molecule has 168 valence electrons. The standard InChI is InChI=1S/C21H25ClFN3O4S/c1-14(2)26-31(29,30)13-16-6-4-3-5-15(16)12-25-20(27)9-10-24-21(28)18-8-7-17(23)11-19(18)22/h3-8,11,14,26H,9-10,12-13H2,1-2H3,(H,24,28)(H,25,27). The van der Waals surface area contributed by atoms with Crippen molar-refractivity contribution in [1.82, 2.24) is 15.4 Å². The van der Waals surface area contributed by atoms with Gasteiger partial charge in [0.25, 0.3) is 5.91 Å². The molecule has 0 unspecified atom stereocenters. The number of carbonyl (C=O) groups excluding carboxylic acids is 2. The van der Waals surface area contributed by atoms with Gasteiger partial charge in [-0.25, -0.2) is 17.5 Å². The van der Waals surface area contributed by atoms with E-state index in [0.717, 1.165) is 12.1 Å². The highest BCUT2D eigenvalue weighted by molar-refractivity contribution is 7.88. The Morgan fingerprint density at radius 2 is 1.74 bits per heavy atom. The molecule has 0 bridgehead atoms. The smallest absolute Gasteiger partial charge is 0.252 e. The van der Waals surface area contributed by atoms with E-state index >= 15 is 0 Å². The molecule has 2 rings (SSSR count). The molecule has 31 heavy (non-hydrogen) atoms. The van der Waals surface area contributed by atoms with Crippen LogP contribution in [0.1, 0.15) is 41.8 Å². The van der Waals surface area contributed by atoms with Gasteiger partial charge in [0.05, 0.1) is 16.3 Å². The van der Waals surface area contributed by atoms with Crippen LogP contribution in [-0.2, 0) is 27.1 Å². The minimum absolute atomic E-state index is 0.0135. The van der Waals surface area contributed by atoms with Crippen molar-refractivity contribution < 1.29 is 22.4 Å². The van der Waals surface area contributed by atoms with Gasteiger partial charge in [-0.2, -0.15) is 0 Å². The Bertz CT molecular complexity index is 1040. The lowest BCUT2D eigenvalue weighted by atomic mass is 10.1. The fraction of sp³-hybridized carbons (Fsp3) is 0.333. The van der Waals surface area contributed by atoms with Crippen LogP contribution >= 0.6 is 11.6 Å². The van der Waals surface area contributed by atoms with Gasteiger partial charge in [-0.1, -0.05) is 35.9 Å². The van der Waals surface area contributed by atoms with Crippen molar-refractivity contribution >= 4 is 33.4 Å². The summed E-state index contributed by atoms with van der Waals surface area (Å²) >= 11 is 5.84. The third-order valence-corrected chi connectivity index (χ3v) is 6.00. The molecule has 0 aliphatic heterocycles. The molecule has 0 aliphatic carbocycles. The lowest BCUT2D eigenvalue weighted by molar-refractivity contribution is -0.121. The minimum Gasteiger partial charge on any atom is -0.352 e. The second-order valence-electron chi connectivity index (χ2n) is 7.21. The summed E-state index contributed by atoms with van der Waals surface area (Å²) in [4.78, 5) is 24.2. The summed E-state index contributed by atoms with van der Waals surface area (Å²) in [6.07, 6.45) is 0.0138. The Morgan fingerprint density at radius 3 is 2.39 bits per heavy atom. The first-order valence-electron chi connectivity index (χ1n) is 9.64. The van der Waals surface area contributed by atoms with Gasteiger partial charge in [-0.15, -0.1) is 0 Å². The van der Waals surface area contributed by atoms with Crippen molar-refractivity contribution in [2.24, 2.45) is 0 Å². The molecule has 2 aromatic carbocycles. The molecule has 0 aromatic heterocycles. The van der Waals surface area contributed by atoms with Gasteiger partial charge in [-0.05, 0) is 43.2 Å². The number of benzene rings is 2. The van der Waals surface area contributed by atoms with E-state index in [4.69, 9.17) is 11.6 Å². The molecule has 0 saturated carbocycles. The van der Waals surface area contributed by atoms with E-state index in [-0.39, 0.29) is 47.8 Å². The molecule has 0 radical (unpaired) electrons. The molecule has 0 atom stereocenters. The summed E-state index contributed by atoms with van der Waals surface area (Å²) < 4.78 is 40.0. The predicted octanol–water partition coefficient (Wildman–Crippen LogP) is 2.74. The largest absolute Gasteiger partial charge is 0.352 e. The molecule has 0 heterocycles. The lowest BCUT2D eigenvalue weighted by Gasteiger charge is -2.13. The molecule has 0 spiro atoms. The van der Waals surface area contributed by atoms with Crippen LogP contribution in [0.4, 0.5) is 4.39 Å². The number of nitrogens with one attached hydrogen (secondary N) is 3. The van der Waals surface area contributed by atoms with Gasteiger partial charge >= 0.3 is 0 Å². The second-order valence-corrected chi connectivity index (χ2v) is 9.37. The third-order valence-electron chi connectivity index (χ3n) is 4.17. The van der Waals surface area contributed by atoms with Crippen molar-refractivity contribution in [1.29, 1.82) is 0 Å². The SMILES string of the molecule is CC(C)NS(=O)(=O)Cc1ccccc1CNC(=O)CCNC(=O)c1ccc(F)cc1Cl. The maximum Gasteiger partial charge on any atom is 0.252 e. The maximum absolute atomic E-state index is 13.1. The number of sulfonamides is 1. The highest BCUT2D eigenvalue weighted by atomic mass is 35.5. The van der Waals surface area contributed by atoms with Crippen molar-refractivity contribution in [3.63, 3.8) is 0 Å². The average molecular weight is 470 g/mol. The fourth-order valence-electron chi connectivity index (χ4n) is 2.82. The zero-order chi connectivity index (χ0) is 23.0. The number of rotatable bonds is 10. The molecule has 3 N–H and O–H groups in total. The van der Waals surface area contributed by atoms with Crippen LogP contribution in [-0.4, -0.2) is 32.8 Å². The first-order valence-corrected chi connectivity index (χ1v) is 11.7. The monoisotopic (exact) mass is 469 g/mol. The Balaban J connectivity index is 1.86. The zero-order valence-electron chi connectivity index (χ0n) is 17.2. The van der Waals surface area contributed by atoms with Crippen LogP contribution in [0.5, 0.6) is 0 Å². The summed E-state index contributed by atoms with van der Waals surface area (Å²) in [6, 6.07) is 10.2. The Morgan fingerprint density at radius 1 is 1.06 bits per heavy atom. The lowest BCUT2D eigenvalue weighted by Crippen LogP contribution is -2.32. The number of halogens is 2. The number of hydrogen-bond acceptors (Lipinski definition) is 4. The summed E-state index contributed by atoms with van der Waals surface area (Å²) in [7, 11) is -3.50. The van der Waals surface area contributed by atoms with E-state index in [2.05, 4.69) is 15.4 Å². The molecule has 0 fully saturated rings. The van der Waals surface area contributed by atoms with Crippen LogP contribution in [0.15, 0.2) is 42.5 Å². The van der Waals surface area contributed by atoms with Crippen LogP contribution in [0, 0.1) is 5.82 Å². The van der Waals surface area contributed by atoms with Crippen LogP contribution in [0.25, 0.3) is 0 Å². The minimum atomic E-state index is -3.50. The number of amides is 2. The predicted molar refractivity (Wildman–Crippen MR) is 118 cm³/mol. The zero-order valence-corrected chi connectivity index (χ0v) is 18.8. The summed E-state index contributed by atoms with van der Waals surface area (Å²) in [5, 5.41) is 5.26. The van der Waals surface area contributed by atoms with E-state index in [1.165, 1.54) is 6.07 Å². The molecule has 0 aliphatic rings. The van der Waals surface area contributed by atoms with E-state index in [1.54, 1.807) is 38.1 Å². The van der Waals surface area contributed by atoms with Crippen molar-refractivity contribution in [2.75, 3.05) is 6.54 Å². The maximum atomic E-state index is 13.1. The fourth-order valence-corrected chi connectivity index (χ4v) is 4.56. The summed E-state index contributed by atoms with van der Waals surface area (Å²) in [6.45, 7) is 3.70. The van der Waals surface area contributed by atoms with Crippen molar-refractivity contribution in [3.05, 3.63) is 70.0 Å². The van der Waals surface area contributed by atoms with Gasteiger partial charge in [-0.3, -0.25) is 9.59 Å². The summed E-state index contributed by atoms with van der Waals surface area (Å²) in [5.41, 5.74) is 1.40. The molecule has 10 heteroatoms. The van der Waals surface area contributed by atoms with E-state index in [9.17, 15) is 22.4 Å². The second kappa shape index (κ2) is 11.2. The molecular weight excluding hydrogens is 445 g/mol. The van der Waals surface area contributed by atoms with Crippen LogP contribution in [0.3, 0.4) is 0 Å². The molecule has 2 amide bonds. The Hall–Kier alpha value is -2.49. The Labute approximate surface area is 186 Å². The topological polar surface area (TPSA) is 104 Å². The third kappa shape index (κ3) is 8.28. The number of carbonyl (C=O) groups is 2. The highest BCUT2D eigenvalue weighted by Crippen LogP contribution is 2.17. The van der Waals surface area contributed by atoms with Gasteiger partial charge in [0.1, 0.15) is 5.82 Å². The highest BCUT2D eigenvalue weighted by Gasteiger charge is 2.16. The first-order chi connectivity index (χ1) is 14.6. The first kappa shape index (κ1) is 24.8. The Kier molecular flexibility index (Phi) is 8.97.